The van der Waals surface area contributed by atoms with Gasteiger partial charge in [0.05, 0.1) is 28.2 Å². The molecule has 18 heavy (non-hydrogen) atoms. The van der Waals surface area contributed by atoms with Crippen molar-refractivity contribution < 1.29 is 4.39 Å². The van der Waals surface area contributed by atoms with E-state index in [9.17, 15) is 4.39 Å². The molecule has 2 rings (SSSR count). The van der Waals surface area contributed by atoms with Gasteiger partial charge in [-0.25, -0.2) is 4.98 Å². The standard InChI is InChI=1S/C13H7Cl2FN2/c14-10-3-1-2-9(13(10)15)8-4-5-12(16)18-11(8)6-7-17/h1-5H,6H2. The molecule has 0 saturated carbocycles. The number of benzene rings is 1. The molecule has 0 fully saturated rings. The van der Waals surface area contributed by atoms with Crippen molar-refractivity contribution in [3.63, 3.8) is 0 Å². The molecule has 5 heteroatoms. The Morgan fingerprint density at radius 2 is 1.94 bits per heavy atom. The minimum Gasteiger partial charge on any atom is -0.223 e. The molecular weight excluding hydrogens is 274 g/mol. The van der Waals surface area contributed by atoms with Crippen molar-refractivity contribution in [2.45, 2.75) is 6.42 Å². The highest BCUT2D eigenvalue weighted by molar-refractivity contribution is 6.43. The van der Waals surface area contributed by atoms with Crippen LogP contribution in [0, 0.1) is 17.3 Å². The number of pyridine rings is 1. The predicted molar refractivity (Wildman–Crippen MR) is 69.0 cm³/mol. The van der Waals surface area contributed by atoms with Crippen LogP contribution in [0.4, 0.5) is 4.39 Å². The van der Waals surface area contributed by atoms with Gasteiger partial charge in [0.15, 0.2) is 0 Å². The highest BCUT2D eigenvalue weighted by atomic mass is 35.5. The summed E-state index contributed by atoms with van der Waals surface area (Å²) >= 11 is 12.0. The van der Waals surface area contributed by atoms with Crippen LogP contribution in [0.15, 0.2) is 30.3 Å². The third-order valence-electron chi connectivity index (χ3n) is 2.43. The third-order valence-corrected chi connectivity index (χ3v) is 3.25. The van der Waals surface area contributed by atoms with Crippen LogP contribution in [-0.2, 0) is 6.42 Å². The first kappa shape index (κ1) is 12.8. The van der Waals surface area contributed by atoms with Gasteiger partial charge in [-0.15, -0.1) is 0 Å². The van der Waals surface area contributed by atoms with Crippen LogP contribution in [0.3, 0.4) is 0 Å². The van der Waals surface area contributed by atoms with Crippen molar-refractivity contribution in [1.82, 2.24) is 4.98 Å². The maximum absolute atomic E-state index is 13.1. The van der Waals surface area contributed by atoms with Crippen molar-refractivity contribution in [2.75, 3.05) is 0 Å². The summed E-state index contributed by atoms with van der Waals surface area (Å²) in [7, 11) is 0. The maximum Gasteiger partial charge on any atom is 0.213 e. The van der Waals surface area contributed by atoms with E-state index in [2.05, 4.69) is 4.98 Å². The highest BCUT2D eigenvalue weighted by Crippen LogP contribution is 2.34. The van der Waals surface area contributed by atoms with Gasteiger partial charge in [0.1, 0.15) is 0 Å². The zero-order valence-electron chi connectivity index (χ0n) is 9.12. The molecule has 0 bridgehead atoms. The van der Waals surface area contributed by atoms with E-state index < -0.39 is 5.95 Å². The van der Waals surface area contributed by atoms with Crippen molar-refractivity contribution >= 4 is 23.2 Å². The Morgan fingerprint density at radius 1 is 1.17 bits per heavy atom. The van der Waals surface area contributed by atoms with E-state index in [4.69, 9.17) is 28.5 Å². The number of nitrogens with zero attached hydrogens (tertiary/aromatic N) is 2. The lowest BCUT2D eigenvalue weighted by Gasteiger charge is -2.09. The molecule has 1 aromatic carbocycles. The summed E-state index contributed by atoms with van der Waals surface area (Å²) < 4.78 is 13.1. The van der Waals surface area contributed by atoms with E-state index in [0.717, 1.165) is 0 Å². The smallest absolute Gasteiger partial charge is 0.213 e. The number of hydrogen-bond acceptors (Lipinski definition) is 2. The van der Waals surface area contributed by atoms with Gasteiger partial charge in [0.25, 0.3) is 0 Å². The lowest BCUT2D eigenvalue weighted by Crippen LogP contribution is -1.96. The van der Waals surface area contributed by atoms with E-state index in [-0.39, 0.29) is 6.42 Å². The monoisotopic (exact) mass is 280 g/mol. The topological polar surface area (TPSA) is 36.7 Å². The van der Waals surface area contributed by atoms with E-state index in [1.54, 1.807) is 24.3 Å². The average molecular weight is 281 g/mol. The van der Waals surface area contributed by atoms with Gasteiger partial charge in [-0.3, -0.25) is 0 Å². The Labute approximate surface area is 114 Å². The van der Waals surface area contributed by atoms with E-state index in [1.807, 2.05) is 6.07 Å². The van der Waals surface area contributed by atoms with Gasteiger partial charge in [0, 0.05) is 11.1 Å². The normalized spacial score (nSPS) is 10.1. The van der Waals surface area contributed by atoms with Crippen molar-refractivity contribution in [1.29, 1.82) is 5.26 Å². The molecule has 0 aliphatic rings. The molecule has 0 amide bonds. The van der Waals surface area contributed by atoms with Gasteiger partial charge >= 0.3 is 0 Å². The van der Waals surface area contributed by atoms with E-state index >= 15 is 0 Å². The molecular formula is C13H7Cl2FN2. The van der Waals surface area contributed by atoms with Crippen LogP contribution in [0.2, 0.25) is 10.0 Å². The fraction of sp³-hybridized carbons (Fsp3) is 0.0769. The number of hydrogen-bond donors (Lipinski definition) is 0. The quantitative estimate of drug-likeness (QED) is 0.771. The molecule has 0 atom stereocenters. The summed E-state index contributed by atoms with van der Waals surface area (Å²) in [5.74, 6) is -0.623. The SMILES string of the molecule is N#CCc1nc(F)ccc1-c1cccc(Cl)c1Cl. The fourth-order valence-electron chi connectivity index (χ4n) is 1.64. The van der Waals surface area contributed by atoms with Crippen LogP contribution in [0.1, 0.15) is 5.69 Å². The van der Waals surface area contributed by atoms with Crippen LogP contribution in [0.25, 0.3) is 11.1 Å². The van der Waals surface area contributed by atoms with E-state index in [1.165, 1.54) is 6.07 Å². The fourth-order valence-corrected chi connectivity index (χ4v) is 2.04. The zero-order valence-corrected chi connectivity index (χ0v) is 10.6. The van der Waals surface area contributed by atoms with Crippen LogP contribution in [-0.4, -0.2) is 4.98 Å². The molecule has 0 radical (unpaired) electrons. The first-order chi connectivity index (χ1) is 8.63. The number of nitriles is 1. The molecule has 0 aliphatic heterocycles. The molecule has 2 aromatic rings. The molecule has 0 aliphatic carbocycles. The Morgan fingerprint density at radius 3 is 2.67 bits per heavy atom. The van der Waals surface area contributed by atoms with Gasteiger partial charge in [-0.1, -0.05) is 35.3 Å². The maximum atomic E-state index is 13.1. The van der Waals surface area contributed by atoms with Gasteiger partial charge in [-0.05, 0) is 18.2 Å². The lowest BCUT2D eigenvalue weighted by molar-refractivity contribution is 0.579. The Hall–Kier alpha value is -1.63. The second kappa shape index (κ2) is 5.34. The minimum absolute atomic E-state index is 0.00986. The summed E-state index contributed by atoms with van der Waals surface area (Å²) in [4.78, 5) is 3.72. The largest absolute Gasteiger partial charge is 0.223 e. The van der Waals surface area contributed by atoms with Crippen molar-refractivity contribution in [3.8, 4) is 17.2 Å². The molecule has 1 aromatic heterocycles. The Balaban J connectivity index is 2.64. The van der Waals surface area contributed by atoms with Crippen molar-refractivity contribution in [2.24, 2.45) is 0 Å². The second-order valence-corrected chi connectivity index (χ2v) is 4.35. The molecule has 0 spiro atoms. The minimum atomic E-state index is -0.623. The molecule has 0 saturated heterocycles. The van der Waals surface area contributed by atoms with Gasteiger partial charge in [-0.2, -0.15) is 9.65 Å². The summed E-state index contributed by atoms with van der Waals surface area (Å²) in [5.41, 5.74) is 1.61. The number of halogens is 3. The molecule has 2 nitrogen and oxygen atoms in total. The van der Waals surface area contributed by atoms with Crippen LogP contribution < -0.4 is 0 Å². The summed E-state index contributed by atoms with van der Waals surface area (Å²) in [6.07, 6.45) is 0.00986. The number of rotatable bonds is 2. The lowest BCUT2D eigenvalue weighted by atomic mass is 10.0. The molecule has 0 N–H and O–H groups in total. The first-order valence-corrected chi connectivity index (χ1v) is 5.86. The number of aromatic nitrogens is 1. The van der Waals surface area contributed by atoms with Crippen LogP contribution >= 0.6 is 23.2 Å². The second-order valence-electron chi connectivity index (χ2n) is 3.56. The predicted octanol–water partition coefficient (Wildman–Crippen LogP) is 4.26. The summed E-state index contributed by atoms with van der Waals surface area (Å²) in [6, 6.07) is 9.88. The average Bonchev–Trinajstić information content (AvgIpc) is 2.34. The Kier molecular flexibility index (Phi) is 3.81. The summed E-state index contributed by atoms with van der Waals surface area (Å²) in [6.45, 7) is 0. The van der Waals surface area contributed by atoms with Crippen LogP contribution in [0.5, 0.6) is 0 Å². The van der Waals surface area contributed by atoms with E-state index in [0.29, 0.717) is 26.9 Å². The highest BCUT2D eigenvalue weighted by Gasteiger charge is 2.12. The zero-order chi connectivity index (χ0) is 13.1. The summed E-state index contributed by atoms with van der Waals surface area (Å²) in [5, 5.41) is 9.51. The molecule has 1 heterocycles. The molecule has 0 unspecified atom stereocenters. The third kappa shape index (κ3) is 2.45. The van der Waals surface area contributed by atoms with Gasteiger partial charge in [0.2, 0.25) is 5.95 Å². The molecule has 90 valence electrons. The first-order valence-electron chi connectivity index (χ1n) is 5.10. The Bertz CT molecular complexity index is 635. The van der Waals surface area contributed by atoms with Gasteiger partial charge < -0.3 is 0 Å². The van der Waals surface area contributed by atoms with Crippen molar-refractivity contribution in [3.05, 3.63) is 52.0 Å².